The van der Waals surface area contributed by atoms with Crippen LogP contribution in [-0.2, 0) is 20.7 Å². The highest BCUT2D eigenvalue weighted by Crippen LogP contribution is 2.19. The Morgan fingerprint density at radius 1 is 1.26 bits per heavy atom. The quantitative estimate of drug-likeness (QED) is 0.620. The fraction of sp³-hybridized carbons (Fsp3) is 0.176. The van der Waals surface area contributed by atoms with Crippen LogP contribution in [0.25, 0.3) is 11.4 Å². The number of nitrogens with one attached hydrogen (secondary N) is 1. The van der Waals surface area contributed by atoms with E-state index in [1.165, 1.54) is 11.3 Å². The third kappa shape index (κ3) is 5.17. The molecule has 2 heterocycles. The highest BCUT2D eigenvalue weighted by molar-refractivity contribution is 7.08. The molecule has 0 atom stereocenters. The molecule has 0 radical (unpaired) electrons. The number of aromatic nitrogens is 2. The van der Waals surface area contributed by atoms with Crippen molar-refractivity contribution in [1.82, 2.24) is 10.1 Å². The van der Waals surface area contributed by atoms with Crippen LogP contribution in [0.15, 0.2) is 39.5 Å². The van der Waals surface area contributed by atoms with Gasteiger partial charge in [0.25, 0.3) is 5.91 Å². The number of carbonyl (C=O) groups excluding carboxylic acids is 2. The second-order valence-electron chi connectivity index (χ2n) is 5.36. The van der Waals surface area contributed by atoms with Crippen LogP contribution in [0.4, 0.5) is 14.5 Å². The number of rotatable bonds is 7. The molecule has 3 aromatic rings. The molecule has 1 N–H and O–H groups in total. The number of benzene rings is 1. The minimum Gasteiger partial charge on any atom is -0.456 e. The molecule has 0 aliphatic rings. The molecule has 0 saturated heterocycles. The Morgan fingerprint density at radius 2 is 2.11 bits per heavy atom. The predicted octanol–water partition coefficient (Wildman–Crippen LogP) is 3.19. The van der Waals surface area contributed by atoms with Crippen molar-refractivity contribution in [3.05, 3.63) is 52.6 Å². The van der Waals surface area contributed by atoms with Crippen LogP contribution >= 0.6 is 11.3 Å². The van der Waals surface area contributed by atoms with Gasteiger partial charge >= 0.3 is 5.97 Å². The standard InChI is InChI=1S/C17H13F2N3O4S/c18-11-1-2-12(19)13(7-11)20-14(23)8-25-16(24)4-3-15-21-17(22-26-15)10-5-6-27-9-10/h1-2,5-7,9H,3-4,8H2,(H,20,23). The fourth-order valence-electron chi connectivity index (χ4n) is 2.07. The molecule has 0 aliphatic heterocycles. The molecule has 1 amide bonds. The first-order valence-corrected chi connectivity index (χ1v) is 8.71. The number of ether oxygens (including phenoxy) is 1. The molecule has 7 nitrogen and oxygen atoms in total. The van der Waals surface area contributed by atoms with Gasteiger partial charge in [-0.2, -0.15) is 16.3 Å². The Labute approximate surface area is 156 Å². The van der Waals surface area contributed by atoms with E-state index in [0.717, 1.165) is 23.8 Å². The van der Waals surface area contributed by atoms with E-state index in [0.29, 0.717) is 5.82 Å². The first-order valence-electron chi connectivity index (χ1n) is 7.77. The lowest BCUT2D eigenvalue weighted by molar-refractivity contribution is -0.147. The minimum atomic E-state index is -0.797. The van der Waals surface area contributed by atoms with Crippen molar-refractivity contribution in [3.63, 3.8) is 0 Å². The lowest BCUT2D eigenvalue weighted by Crippen LogP contribution is -2.21. The van der Waals surface area contributed by atoms with Gasteiger partial charge in [-0.05, 0) is 23.6 Å². The third-order valence-corrected chi connectivity index (χ3v) is 4.04. The number of aryl methyl sites for hydroxylation is 1. The molecular weight excluding hydrogens is 380 g/mol. The maximum absolute atomic E-state index is 13.4. The molecule has 0 fully saturated rings. The Balaban J connectivity index is 1.43. The summed E-state index contributed by atoms with van der Waals surface area (Å²) in [6, 6.07) is 4.47. The Morgan fingerprint density at radius 3 is 2.89 bits per heavy atom. The lowest BCUT2D eigenvalue weighted by atomic mass is 10.3. The van der Waals surface area contributed by atoms with Gasteiger partial charge in [0.15, 0.2) is 6.61 Å². The van der Waals surface area contributed by atoms with Crippen LogP contribution in [0.2, 0.25) is 0 Å². The largest absolute Gasteiger partial charge is 0.456 e. The van der Waals surface area contributed by atoms with E-state index in [1.807, 2.05) is 16.8 Å². The highest BCUT2D eigenvalue weighted by atomic mass is 32.1. The van der Waals surface area contributed by atoms with Crippen molar-refractivity contribution in [2.24, 2.45) is 0 Å². The molecule has 0 bridgehead atoms. The summed E-state index contributed by atoms with van der Waals surface area (Å²) in [4.78, 5) is 27.5. The number of carbonyl (C=O) groups is 2. The minimum absolute atomic E-state index is 0.0765. The second-order valence-corrected chi connectivity index (χ2v) is 6.14. The molecule has 10 heteroatoms. The monoisotopic (exact) mass is 393 g/mol. The van der Waals surface area contributed by atoms with Crippen LogP contribution in [0.1, 0.15) is 12.3 Å². The van der Waals surface area contributed by atoms with E-state index in [4.69, 9.17) is 9.26 Å². The van der Waals surface area contributed by atoms with Crippen molar-refractivity contribution in [2.75, 3.05) is 11.9 Å². The molecule has 27 heavy (non-hydrogen) atoms. The maximum atomic E-state index is 13.4. The first-order chi connectivity index (χ1) is 13.0. The normalized spacial score (nSPS) is 10.6. The van der Waals surface area contributed by atoms with E-state index < -0.39 is 30.1 Å². The number of halogens is 2. The third-order valence-electron chi connectivity index (χ3n) is 3.36. The van der Waals surface area contributed by atoms with Crippen molar-refractivity contribution in [2.45, 2.75) is 12.8 Å². The molecule has 0 aliphatic carbocycles. The lowest BCUT2D eigenvalue weighted by Gasteiger charge is -2.07. The number of thiophene rings is 1. The Kier molecular flexibility index (Phi) is 5.87. The summed E-state index contributed by atoms with van der Waals surface area (Å²) >= 11 is 1.50. The second kappa shape index (κ2) is 8.49. The highest BCUT2D eigenvalue weighted by Gasteiger charge is 2.14. The predicted molar refractivity (Wildman–Crippen MR) is 91.9 cm³/mol. The van der Waals surface area contributed by atoms with Gasteiger partial charge in [-0.25, -0.2) is 8.78 Å². The van der Waals surface area contributed by atoms with Crippen molar-refractivity contribution >= 4 is 28.9 Å². The van der Waals surface area contributed by atoms with Crippen molar-refractivity contribution < 1.29 is 27.6 Å². The van der Waals surface area contributed by atoms with E-state index in [2.05, 4.69) is 15.5 Å². The molecule has 2 aromatic heterocycles. The summed E-state index contributed by atoms with van der Waals surface area (Å²) in [7, 11) is 0. The number of nitrogens with zero attached hydrogens (tertiary/aromatic N) is 2. The zero-order valence-corrected chi connectivity index (χ0v) is 14.6. The number of hydrogen-bond acceptors (Lipinski definition) is 7. The summed E-state index contributed by atoms with van der Waals surface area (Å²) < 4.78 is 36.3. The first kappa shape index (κ1) is 18.6. The topological polar surface area (TPSA) is 94.3 Å². The van der Waals surface area contributed by atoms with Crippen molar-refractivity contribution in [1.29, 1.82) is 0 Å². The Hall–Kier alpha value is -3.14. The van der Waals surface area contributed by atoms with Gasteiger partial charge in [-0.3, -0.25) is 9.59 Å². The zero-order chi connectivity index (χ0) is 19.2. The average molecular weight is 393 g/mol. The fourth-order valence-corrected chi connectivity index (χ4v) is 2.71. The van der Waals surface area contributed by atoms with Crippen LogP contribution < -0.4 is 5.32 Å². The van der Waals surface area contributed by atoms with E-state index in [1.54, 1.807) is 0 Å². The van der Waals surface area contributed by atoms with Gasteiger partial charge in [0.2, 0.25) is 11.7 Å². The SMILES string of the molecule is O=C(COC(=O)CCc1nc(-c2ccsc2)no1)Nc1cc(F)ccc1F. The maximum Gasteiger partial charge on any atom is 0.306 e. The number of anilines is 1. The summed E-state index contributed by atoms with van der Waals surface area (Å²) in [5, 5.41) is 9.68. The van der Waals surface area contributed by atoms with Gasteiger partial charge in [0.1, 0.15) is 11.6 Å². The molecule has 1 aromatic carbocycles. The number of esters is 1. The molecule has 140 valence electrons. The zero-order valence-electron chi connectivity index (χ0n) is 13.8. The van der Waals surface area contributed by atoms with Gasteiger partial charge in [-0.15, -0.1) is 0 Å². The molecule has 0 spiro atoms. The van der Waals surface area contributed by atoms with Crippen LogP contribution in [0.3, 0.4) is 0 Å². The van der Waals surface area contributed by atoms with E-state index in [-0.39, 0.29) is 24.4 Å². The van der Waals surface area contributed by atoms with E-state index in [9.17, 15) is 18.4 Å². The summed E-state index contributed by atoms with van der Waals surface area (Å²) in [6.45, 7) is -0.626. The number of amides is 1. The van der Waals surface area contributed by atoms with Gasteiger partial charge in [0.05, 0.1) is 12.1 Å². The molecule has 3 rings (SSSR count). The number of hydrogen-bond donors (Lipinski definition) is 1. The molecule has 0 saturated carbocycles. The van der Waals surface area contributed by atoms with Crippen LogP contribution in [0, 0.1) is 11.6 Å². The summed E-state index contributed by atoms with van der Waals surface area (Å²) in [5.74, 6) is -2.26. The van der Waals surface area contributed by atoms with Gasteiger partial charge < -0.3 is 14.6 Å². The summed E-state index contributed by atoms with van der Waals surface area (Å²) in [5.41, 5.74) is 0.488. The summed E-state index contributed by atoms with van der Waals surface area (Å²) in [6.07, 6.45) is 0.0724. The van der Waals surface area contributed by atoms with Crippen molar-refractivity contribution in [3.8, 4) is 11.4 Å². The van der Waals surface area contributed by atoms with Gasteiger partial charge in [0, 0.05) is 23.4 Å². The molecular formula is C17H13F2N3O4S. The van der Waals surface area contributed by atoms with Crippen LogP contribution in [0.5, 0.6) is 0 Å². The smallest absolute Gasteiger partial charge is 0.306 e. The average Bonchev–Trinajstić information content (AvgIpc) is 3.32. The van der Waals surface area contributed by atoms with E-state index >= 15 is 0 Å². The molecule has 0 unspecified atom stereocenters. The van der Waals surface area contributed by atoms with Crippen LogP contribution in [-0.4, -0.2) is 28.6 Å². The Bertz CT molecular complexity index is 944. The van der Waals surface area contributed by atoms with Gasteiger partial charge in [-0.1, -0.05) is 5.16 Å².